The van der Waals surface area contributed by atoms with E-state index in [9.17, 15) is 9.90 Å². The van der Waals surface area contributed by atoms with Crippen LogP contribution in [0, 0.1) is 0 Å². The quantitative estimate of drug-likeness (QED) is 0.192. The van der Waals surface area contributed by atoms with E-state index < -0.39 is 20.1 Å². The Morgan fingerprint density at radius 1 is 1.14 bits per heavy atom. The summed E-state index contributed by atoms with van der Waals surface area (Å²) in [6, 6.07) is 10.2. The van der Waals surface area contributed by atoms with E-state index in [4.69, 9.17) is 10.5 Å². The molecule has 1 aromatic carbocycles. The second kappa shape index (κ2) is 12.9. The van der Waals surface area contributed by atoms with Gasteiger partial charge in [0.25, 0.3) is 0 Å². The van der Waals surface area contributed by atoms with Gasteiger partial charge >= 0.3 is 5.97 Å². The first-order valence-electron chi connectivity index (χ1n) is 15.1. The average Bonchev–Trinajstić information content (AvgIpc) is 3.37. The molecule has 0 amide bonds. The third kappa shape index (κ3) is 8.95. The fourth-order valence-electron chi connectivity index (χ4n) is 6.01. The number of ether oxygens (including phenoxy) is 1. The van der Waals surface area contributed by atoms with Crippen molar-refractivity contribution in [3.05, 3.63) is 48.4 Å². The van der Waals surface area contributed by atoms with Gasteiger partial charge < -0.3 is 30.4 Å². The molecule has 1 aliphatic rings. The lowest BCUT2D eigenvalue weighted by atomic mass is 9.79. The lowest BCUT2D eigenvalue weighted by Gasteiger charge is -2.49. The Balaban J connectivity index is 1.55. The van der Waals surface area contributed by atoms with Gasteiger partial charge in [0.1, 0.15) is 12.8 Å². The van der Waals surface area contributed by atoms with Crippen LogP contribution in [-0.4, -0.2) is 75.7 Å². The number of carboxylic acids is 1. The van der Waals surface area contributed by atoms with E-state index in [1.807, 2.05) is 41.1 Å². The van der Waals surface area contributed by atoms with Crippen molar-refractivity contribution in [1.82, 2.24) is 25.1 Å². The van der Waals surface area contributed by atoms with Gasteiger partial charge in [0, 0.05) is 56.2 Å². The highest BCUT2D eigenvalue weighted by atomic mass is 28.3. The number of carbonyl (C=O) groups is 1. The highest BCUT2D eigenvalue weighted by Crippen LogP contribution is 2.33. The molecule has 43 heavy (non-hydrogen) atoms. The molecule has 0 spiro atoms. The number of nitrogens with two attached hydrogens (primary N) is 1. The Labute approximate surface area is 257 Å². The van der Waals surface area contributed by atoms with Gasteiger partial charge in [-0.15, -0.1) is 10.2 Å². The second-order valence-electron chi connectivity index (χ2n) is 14.5. The highest BCUT2D eigenvalue weighted by molar-refractivity contribution is 6.76. The first kappa shape index (κ1) is 32.8. The summed E-state index contributed by atoms with van der Waals surface area (Å²) in [5.74, 6) is -0.243. The second-order valence-corrected chi connectivity index (χ2v) is 20.1. The molecule has 0 aliphatic carbocycles. The number of anilines is 1. The molecule has 4 N–H and O–H groups in total. The lowest BCUT2D eigenvalue weighted by Crippen LogP contribution is -2.62. The van der Waals surface area contributed by atoms with Crippen molar-refractivity contribution >= 4 is 19.9 Å². The Morgan fingerprint density at radius 3 is 2.44 bits per heavy atom. The first-order chi connectivity index (χ1) is 20.0. The standard InChI is InChI=1S/C32H49N7O3Si/c1-31(2)17-24(18-32(3,4)37-31)38(5)29-12-11-27(35-36-29)25-10-9-22(15-23(25)16-26(33)30(40)41)28-19-39(20-34-28)21-42-13-14-43(6,7)8/h9-12,15,19-20,24,26,37H,13-14,16-18,21,33H2,1-8H3,(H,40,41)/t26-/m0/s1. The van der Waals surface area contributed by atoms with Gasteiger partial charge in [0.15, 0.2) is 5.82 Å². The summed E-state index contributed by atoms with van der Waals surface area (Å²) in [5, 5.41) is 22.5. The van der Waals surface area contributed by atoms with Crippen LogP contribution in [0.2, 0.25) is 25.7 Å². The van der Waals surface area contributed by atoms with Crippen LogP contribution in [0.3, 0.4) is 0 Å². The number of rotatable bonds is 12. The zero-order chi connectivity index (χ0) is 31.6. The van der Waals surface area contributed by atoms with Gasteiger partial charge in [-0.25, -0.2) is 4.98 Å². The molecule has 0 bridgehead atoms. The van der Waals surface area contributed by atoms with E-state index in [2.05, 4.69) is 79.8 Å². The number of benzene rings is 1. The largest absolute Gasteiger partial charge is 0.480 e. The number of aromatic nitrogens is 4. The van der Waals surface area contributed by atoms with E-state index in [1.54, 1.807) is 6.33 Å². The number of hydrogen-bond donors (Lipinski definition) is 3. The summed E-state index contributed by atoms with van der Waals surface area (Å²) in [5.41, 5.74) is 9.94. The summed E-state index contributed by atoms with van der Waals surface area (Å²) in [6.07, 6.45) is 5.84. The van der Waals surface area contributed by atoms with Crippen molar-refractivity contribution in [3.63, 3.8) is 0 Å². The highest BCUT2D eigenvalue weighted by Gasteiger charge is 2.39. The van der Waals surface area contributed by atoms with Crippen LogP contribution in [0.5, 0.6) is 0 Å². The molecule has 2 aromatic heterocycles. The molecule has 0 saturated carbocycles. The fourth-order valence-corrected chi connectivity index (χ4v) is 6.77. The van der Waals surface area contributed by atoms with Crippen LogP contribution in [-0.2, 0) is 22.7 Å². The Hall–Kier alpha value is -3.12. The SMILES string of the molecule is CN(c1ccc(-c2ccc(-c3cn(COCC[Si](C)(C)C)cn3)cc2C[C@H](N)C(=O)O)nn1)C1CC(C)(C)NC(C)(C)C1. The van der Waals surface area contributed by atoms with Crippen molar-refractivity contribution in [3.8, 4) is 22.5 Å². The summed E-state index contributed by atoms with van der Waals surface area (Å²) in [7, 11) is 0.930. The molecule has 4 rings (SSSR count). The molecule has 3 aromatic rings. The lowest BCUT2D eigenvalue weighted by molar-refractivity contribution is -0.138. The van der Waals surface area contributed by atoms with Crippen molar-refractivity contribution in [2.24, 2.45) is 5.73 Å². The number of nitrogens with zero attached hydrogens (tertiary/aromatic N) is 5. The first-order valence-corrected chi connectivity index (χ1v) is 18.8. The number of nitrogens with one attached hydrogen (secondary N) is 1. The van der Waals surface area contributed by atoms with Crippen LogP contribution in [0.1, 0.15) is 46.1 Å². The molecule has 11 heteroatoms. The van der Waals surface area contributed by atoms with Crippen LogP contribution < -0.4 is 16.0 Å². The maximum Gasteiger partial charge on any atom is 0.320 e. The third-order valence-corrected chi connectivity index (χ3v) is 9.74. The molecule has 0 unspecified atom stereocenters. The number of piperidine rings is 1. The van der Waals surface area contributed by atoms with Crippen molar-refractivity contribution in [1.29, 1.82) is 0 Å². The van der Waals surface area contributed by atoms with Gasteiger partial charge in [0.2, 0.25) is 0 Å². The van der Waals surface area contributed by atoms with Crippen LogP contribution >= 0.6 is 0 Å². The van der Waals surface area contributed by atoms with Crippen molar-refractivity contribution < 1.29 is 14.6 Å². The van der Waals surface area contributed by atoms with Crippen LogP contribution in [0.15, 0.2) is 42.9 Å². The average molecular weight is 608 g/mol. The molecular formula is C32H49N7O3Si. The molecular weight excluding hydrogens is 558 g/mol. The normalized spacial score (nSPS) is 17.5. The van der Waals surface area contributed by atoms with Crippen LogP contribution in [0.25, 0.3) is 22.5 Å². The fraction of sp³-hybridized carbons (Fsp3) is 0.562. The van der Waals surface area contributed by atoms with Crippen molar-refractivity contribution in [2.75, 3.05) is 18.6 Å². The minimum atomic E-state index is -1.15. The number of carboxylic acid groups (broad SMARTS) is 1. The maximum absolute atomic E-state index is 11.7. The van der Waals surface area contributed by atoms with Crippen LogP contribution in [0.4, 0.5) is 5.82 Å². The minimum absolute atomic E-state index is 0.0180. The molecule has 1 saturated heterocycles. The van der Waals surface area contributed by atoms with Gasteiger partial charge in [-0.3, -0.25) is 4.79 Å². The van der Waals surface area contributed by atoms with Gasteiger partial charge in [-0.1, -0.05) is 31.8 Å². The molecule has 0 radical (unpaired) electrons. The molecule has 1 atom stereocenters. The van der Waals surface area contributed by atoms with E-state index in [1.165, 1.54) is 0 Å². The van der Waals surface area contributed by atoms with Crippen molar-refractivity contribution in [2.45, 2.75) is 103 Å². The maximum atomic E-state index is 11.7. The van der Waals surface area contributed by atoms with Gasteiger partial charge in [-0.05, 0) is 76.8 Å². The molecule has 1 aliphatic heterocycles. The van der Waals surface area contributed by atoms with E-state index >= 15 is 0 Å². The summed E-state index contributed by atoms with van der Waals surface area (Å²) >= 11 is 0. The number of imidazole rings is 1. The molecule has 10 nitrogen and oxygen atoms in total. The predicted octanol–water partition coefficient (Wildman–Crippen LogP) is 5.02. The van der Waals surface area contributed by atoms with E-state index in [0.717, 1.165) is 53.7 Å². The monoisotopic (exact) mass is 607 g/mol. The minimum Gasteiger partial charge on any atom is -0.480 e. The summed E-state index contributed by atoms with van der Waals surface area (Å²) < 4.78 is 7.78. The van der Waals surface area contributed by atoms with E-state index in [0.29, 0.717) is 18.5 Å². The predicted molar refractivity (Wildman–Crippen MR) is 175 cm³/mol. The molecule has 3 heterocycles. The Bertz CT molecular complexity index is 1380. The number of aliphatic carboxylic acids is 1. The molecule has 1 fully saturated rings. The summed E-state index contributed by atoms with van der Waals surface area (Å²) in [4.78, 5) is 18.5. The van der Waals surface area contributed by atoms with Gasteiger partial charge in [0.05, 0.1) is 17.7 Å². The summed E-state index contributed by atoms with van der Waals surface area (Å²) in [6.45, 7) is 17.1. The third-order valence-electron chi connectivity index (χ3n) is 8.03. The Morgan fingerprint density at radius 2 is 1.84 bits per heavy atom. The smallest absolute Gasteiger partial charge is 0.320 e. The number of hydrogen-bond acceptors (Lipinski definition) is 8. The van der Waals surface area contributed by atoms with Gasteiger partial charge in [-0.2, -0.15) is 0 Å². The Kier molecular flexibility index (Phi) is 9.80. The zero-order valence-electron chi connectivity index (χ0n) is 27.0. The zero-order valence-corrected chi connectivity index (χ0v) is 28.0. The molecule has 234 valence electrons. The van der Waals surface area contributed by atoms with E-state index in [-0.39, 0.29) is 17.5 Å². The topological polar surface area (TPSA) is 131 Å².